The third-order valence-electron chi connectivity index (χ3n) is 4.84. The highest BCUT2D eigenvalue weighted by atomic mass is 32.1. The number of hydrogen-bond acceptors (Lipinski definition) is 4. The first-order valence-corrected chi connectivity index (χ1v) is 9.33. The van der Waals surface area contributed by atoms with Crippen molar-refractivity contribution in [1.82, 2.24) is 14.8 Å². The van der Waals surface area contributed by atoms with Crippen LogP contribution in [-0.2, 0) is 6.42 Å². The van der Waals surface area contributed by atoms with E-state index in [0.29, 0.717) is 23.5 Å². The van der Waals surface area contributed by atoms with Crippen LogP contribution in [0.4, 0.5) is 4.39 Å². The number of fused-ring (bicyclic) bond motifs is 3. The molecule has 1 aliphatic rings. The van der Waals surface area contributed by atoms with Crippen LogP contribution in [0.25, 0.3) is 10.7 Å². The molecule has 132 valence electrons. The molecule has 3 heterocycles. The van der Waals surface area contributed by atoms with Gasteiger partial charge in [-0.05, 0) is 44.4 Å². The molecule has 2 aromatic heterocycles. The zero-order valence-corrected chi connectivity index (χ0v) is 16.0. The van der Waals surface area contributed by atoms with E-state index in [2.05, 4.69) is 30.6 Å². The van der Waals surface area contributed by atoms with Gasteiger partial charge in [0, 0.05) is 16.0 Å². The second-order valence-corrected chi connectivity index (χ2v) is 7.64. The molecule has 0 spiro atoms. The predicted octanol–water partition coefficient (Wildman–Crippen LogP) is 4.78. The largest absolute Gasteiger partial charge is 0.268 e. The van der Waals surface area contributed by atoms with Crippen LogP contribution in [0.2, 0.25) is 0 Å². The van der Waals surface area contributed by atoms with E-state index in [0.717, 1.165) is 33.2 Å². The second kappa shape index (κ2) is 5.99. The van der Waals surface area contributed by atoms with Gasteiger partial charge in [0.05, 0.1) is 5.71 Å². The van der Waals surface area contributed by atoms with E-state index in [1.165, 1.54) is 4.88 Å². The van der Waals surface area contributed by atoms with Gasteiger partial charge < -0.3 is 0 Å². The molecule has 1 aliphatic heterocycles. The fourth-order valence-electron chi connectivity index (χ4n) is 3.27. The first-order valence-electron chi connectivity index (χ1n) is 8.51. The number of nitrogens with zero attached hydrogens (tertiary/aromatic N) is 4. The normalized spacial score (nSPS) is 13.3. The number of aromatic nitrogens is 3. The number of halogens is 1. The molecule has 0 radical (unpaired) electrons. The Morgan fingerprint density at radius 1 is 1.19 bits per heavy atom. The van der Waals surface area contributed by atoms with E-state index in [1.807, 2.05) is 30.5 Å². The quantitative estimate of drug-likeness (QED) is 0.655. The van der Waals surface area contributed by atoms with Gasteiger partial charge >= 0.3 is 0 Å². The molecule has 4 nitrogen and oxygen atoms in total. The number of benzene rings is 1. The van der Waals surface area contributed by atoms with Gasteiger partial charge in [-0.3, -0.25) is 4.57 Å². The van der Waals surface area contributed by atoms with E-state index in [4.69, 9.17) is 4.99 Å². The van der Waals surface area contributed by atoms with Crippen molar-refractivity contribution in [2.45, 2.75) is 34.1 Å². The lowest BCUT2D eigenvalue weighted by molar-refractivity contribution is 0.612. The molecule has 0 bridgehead atoms. The van der Waals surface area contributed by atoms with Gasteiger partial charge in [-0.2, -0.15) is 0 Å². The molecule has 0 unspecified atom stereocenters. The van der Waals surface area contributed by atoms with Gasteiger partial charge in [0.15, 0.2) is 5.82 Å². The summed E-state index contributed by atoms with van der Waals surface area (Å²) in [5.74, 6) is 1.21. The summed E-state index contributed by atoms with van der Waals surface area (Å²) in [4.78, 5) is 5.95. The summed E-state index contributed by atoms with van der Waals surface area (Å²) in [6, 6.07) is 5.34. The molecule has 26 heavy (non-hydrogen) atoms. The summed E-state index contributed by atoms with van der Waals surface area (Å²) in [5.41, 5.74) is 4.85. The summed E-state index contributed by atoms with van der Waals surface area (Å²) >= 11 is 1.67. The fourth-order valence-corrected chi connectivity index (χ4v) is 4.48. The average Bonchev–Trinajstić information content (AvgIpc) is 3.09. The molecule has 6 heteroatoms. The molecular formula is C20H19FN4S. The van der Waals surface area contributed by atoms with Crippen LogP contribution in [0.3, 0.4) is 0 Å². The van der Waals surface area contributed by atoms with Gasteiger partial charge in [-0.1, -0.05) is 25.6 Å². The van der Waals surface area contributed by atoms with Crippen molar-refractivity contribution in [3.8, 4) is 5.00 Å². The van der Waals surface area contributed by atoms with Crippen molar-refractivity contribution in [2.75, 3.05) is 0 Å². The molecular weight excluding hydrogens is 347 g/mol. The lowest BCUT2D eigenvalue weighted by atomic mass is 9.98. The maximum absolute atomic E-state index is 14.5. The zero-order chi connectivity index (χ0) is 18.6. The van der Waals surface area contributed by atoms with Gasteiger partial charge in [-0.15, -0.1) is 21.5 Å². The Morgan fingerprint density at radius 2 is 1.96 bits per heavy atom. The second-order valence-electron chi connectivity index (χ2n) is 6.44. The lowest BCUT2D eigenvalue weighted by Crippen LogP contribution is -2.08. The monoisotopic (exact) mass is 366 g/mol. The van der Waals surface area contributed by atoms with Crippen LogP contribution in [0.15, 0.2) is 29.8 Å². The van der Waals surface area contributed by atoms with Crippen molar-refractivity contribution in [3.63, 3.8) is 0 Å². The summed E-state index contributed by atoms with van der Waals surface area (Å²) in [6.07, 6.45) is 0.660. The minimum Gasteiger partial charge on any atom is -0.268 e. The Kier molecular flexibility index (Phi) is 3.88. The summed E-state index contributed by atoms with van der Waals surface area (Å²) in [7, 11) is 0. The van der Waals surface area contributed by atoms with Crippen LogP contribution in [0, 0.1) is 26.6 Å². The van der Waals surface area contributed by atoms with E-state index in [9.17, 15) is 4.39 Å². The zero-order valence-electron chi connectivity index (χ0n) is 15.2. The third kappa shape index (κ3) is 2.36. The molecule has 1 aromatic carbocycles. The summed E-state index contributed by atoms with van der Waals surface area (Å²) in [5, 5.41) is 9.45. The highest BCUT2D eigenvalue weighted by molar-refractivity contribution is 7.15. The van der Waals surface area contributed by atoms with Crippen LogP contribution in [0.1, 0.15) is 45.7 Å². The summed E-state index contributed by atoms with van der Waals surface area (Å²) in [6.45, 7) is 12.1. The maximum Gasteiger partial charge on any atom is 0.187 e. The molecule has 0 atom stereocenters. The minimum atomic E-state index is -0.204. The smallest absolute Gasteiger partial charge is 0.187 e. The van der Waals surface area contributed by atoms with E-state index < -0.39 is 0 Å². The van der Waals surface area contributed by atoms with E-state index >= 15 is 0 Å². The van der Waals surface area contributed by atoms with Crippen molar-refractivity contribution >= 4 is 22.7 Å². The van der Waals surface area contributed by atoms with Crippen molar-refractivity contribution < 1.29 is 4.39 Å². The highest BCUT2D eigenvalue weighted by Crippen LogP contribution is 2.38. The lowest BCUT2D eigenvalue weighted by Gasteiger charge is -2.10. The first kappa shape index (κ1) is 16.8. The van der Waals surface area contributed by atoms with Crippen LogP contribution >= 0.6 is 11.3 Å². The van der Waals surface area contributed by atoms with E-state index in [-0.39, 0.29) is 5.82 Å². The number of hydrogen-bond donors (Lipinski definition) is 0. The topological polar surface area (TPSA) is 43.1 Å². The van der Waals surface area contributed by atoms with Crippen LogP contribution in [-0.4, -0.2) is 20.5 Å². The number of aryl methyl sites for hydroxylation is 3. The molecule has 0 N–H and O–H groups in total. The predicted molar refractivity (Wildman–Crippen MR) is 104 cm³/mol. The van der Waals surface area contributed by atoms with Gasteiger partial charge in [0.1, 0.15) is 22.3 Å². The molecule has 4 rings (SSSR count). The Bertz CT molecular complexity index is 1090. The number of aliphatic imine (C=N–C) groups is 1. The molecule has 0 fully saturated rings. The van der Waals surface area contributed by atoms with Crippen LogP contribution in [0.5, 0.6) is 0 Å². The fraction of sp³-hybridized carbons (Fsp3) is 0.250. The number of rotatable bonds is 2. The molecule has 0 saturated heterocycles. The molecule has 0 aliphatic carbocycles. The SMILES string of the molecule is C=C1N=C(c2ccc(CC)c(F)c2)c2c(sc(C)c2C)-n2c(C)nnc21. The van der Waals surface area contributed by atoms with Crippen molar-refractivity contribution in [3.05, 3.63) is 69.4 Å². The Hall–Kier alpha value is -2.60. The Morgan fingerprint density at radius 3 is 2.65 bits per heavy atom. The average molecular weight is 366 g/mol. The molecule has 3 aromatic rings. The highest BCUT2D eigenvalue weighted by Gasteiger charge is 2.28. The number of thiophene rings is 1. The van der Waals surface area contributed by atoms with Gasteiger partial charge in [-0.25, -0.2) is 9.38 Å². The van der Waals surface area contributed by atoms with Crippen LogP contribution < -0.4 is 0 Å². The maximum atomic E-state index is 14.5. The Balaban J connectivity index is 2.03. The molecule has 0 saturated carbocycles. The first-order chi connectivity index (χ1) is 12.4. The molecule has 0 amide bonds. The Labute approximate surface area is 155 Å². The van der Waals surface area contributed by atoms with Crippen molar-refractivity contribution in [1.29, 1.82) is 0 Å². The van der Waals surface area contributed by atoms with Gasteiger partial charge in [0.25, 0.3) is 0 Å². The van der Waals surface area contributed by atoms with Crippen molar-refractivity contribution in [2.24, 2.45) is 4.99 Å². The third-order valence-corrected chi connectivity index (χ3v) is 6.04. The minimum absolute atomic E-state index is 0.204. The summed E-state index contributed by atoms with van der Waals surface area (Å²) < 4.78 is 16.4. The van der Waals surface area contributed by atoms with E-state index in [1.54, 1.807) is 17.4 Å². The standard InChI is InChI=1S/C20H19FN4S/c1-6-14-7-8-15(9-16(14)21)18-17-10(2)12(4)26-20(17)25-13(5)23-24-19(25)11(3)22-18/h7-9H,3,6H2,1-2,4-5H3. The van der Waals surface area contributed by atoms with Gasteiger partial charge in [0.2, 0.25) is 0 Å².